The van der Waals surface area contributed by atoms with Crippen LogP contribution in [-0.4, -0.2) is 0 Å². The molecule has 1 aromatic carbocycles. The van der Waals surface area contributed by atoms with E-state index in [2.05, 4.69) is 0 Å². The van der Waals surface area contributed by atoms with E-state index in [0.29, 0.717) is 5.56 Å². The highest BCUT2D eigenvalue weighted by atomic mass is 35.6. The van der Waals surface area contributed by atoms with Crippen LogP contribution in [0.3, 0.4) is 0 Å². The molecule has 0 aliphatic heterocycles. The molecule has 11 heavy (non-hydrogen) atoms. The van der Waals surface area contributed by atoms with Crippen molar-refractivity contribution in [2.75, 3.05) is 0 Å². The lowest BCUT2D eigenvalue weighted by Crippen LogP contribution is -1.98. The third-order valence-corrected chi connectivity index (χ3v) is 2.03. The van der Waals surface area contributed by atoms with Crippen LogP contribution in [0, 0.1) is 6.92 Å². The molecule has 0 bridgehead atoms. The first-order valence-corrected chi connectivity index (χ1v) is 4.27. The molecule has 0 heterocycles. The summed E-state index contributed by atoms with van der Waals surface area (Å²) in [6.07, 6.45) is 0. The first-order chi connectivity index (χ1) is 5.00. The van der Waals surface area contributed by atoms with Crippen molar-refractivity contribution in [2.24, 2.45) is 0 Å². The Morgan fingerprint density at radius 2 is 1.45 bits per heavy atom. The zero-order chi connectivity index (χ0) is 8.48. The van der Waals surface area contributed by atoms with Gasteiger partial charge >= 0.3 is 0 Å². The highest BCUT2D eigenvalue weighted by molar-refractivity contribution is 6.66. The van der Waals surface area contributed by atoms with Crippen LogP contribution in [-0.2, 0) is 3.79 Å². The summed E-state index contributed by atoms with van der Waals surface area (Å²) < 4.78 is -1.30. The van der Waals surface area contributed by atoms with Crippen LogP contribution in [0.1, 0.15) is 11.1 Å². The van der Waals surface area contributed by atoms with E-state index < -0.39 is 3.79 Å². The maximum atomic E-state index is 5.64. The van der Waals surface area contributed by atoms with Crippen LogP contribution >= 0.6 is 34.8 Å². The zero-order valence-electron chi connectivity index (χ0n) is 5.94. The molecule has 0 aromatic heterocycles. The number of hydrogen-bond donors (Lipinski definition) is 0. The SMILES string of the molecule is Cc1ccc(C(Cl)(Cl)Cl)cc1. The van der Waals surface area contributed by atoms with E-state index >= 15 is 0 Å². The molecule has 0 saturated carbocycles. The molecule has 1 aromatic rings. The lowest BCUT2D eigenvalue weighted by Gasteiger charge is -2.10. The second kappa shape index (κ2) is 3.22. The van der Waals surface area contributed by atoms with Gasteiger partial charge in [-0.25, -0.2) is 0 Å². The molecule has 3 heteroatoms. The lowest BCUT2D eigenvalue weighted by atomic mass is 10.2. The monoisotopic (exact) mass is 208 g/mol. The normalized spacial score (nSPS) is 11.6. The lowest BCUT2D eigenvalue weighted by molar-refractivity contribution is 1.23. The molecule has 0 saturated heterocycles. The Labute approximate surface area is 81.1 Å². The summed E-state index contributed by atoms with van der Waals surface area (Å²) in [5.41, 5.74) is 1.86. The Balaban J connectivity index is 2.99. The highest BCUT2D eigenvalue weighted by Crippen LogP contribution is 2.37. The molecule has 1 rings (SSSR count). The van der Waals surface area contributed by atoms with Gasteiger partial charge in [-0.15, -0.1) is 0 Å². The molecule has 0 N–H and O–H groups in total. The number of rotatable bonds is 0. The number of aryl methyl sites for hydroxylation is 1. The average molecular weight is 210 g/mol. The third kappa shape index (κ3) is 2.55. The van der Waals surface area contributed by atoms with Crippen LogP contribution in [0.4, 0.5) is 0 Å². The minimum Gasteiger partial charge on any atom is -0.0784 e. The molecule has 0 aliphatic rings. The van der Waals surface area contributed by atoms with Gasteiger partial charge < -0.3 is 0 Å². The van der Waals surface area contributed by atoms with E-state index in [1.54, 1.807) is 0 Å². The predicted octanol–water partition coefficient (Wildman–Crippen LogP) is 3.82. The number of halogens is 3. The fraction of sp³-hybridized carbons (Fsp3) is 0.250. The molecule has 0 radical (unpaired) electrons. The summed E-state index contributed by atoms with van der Waals surface area (Å²) >= 11 is 16.9. The smallest absolute Gasteiger partial charge is 0.0784 e. The number of benzene rings is 1. The van der Waals surface area contributed by atoms with E-state index in [4.69, 9.17) is 34.8 Å². The molecular formula is C8H7Cl3. The Bertz CT molecular complexity index is 233. The summed E-state index contributed by atoms with van der Waals surface area (Å²) in [4.78, 5) is 0. The van der Waals surface area contributed by atoms with Gasteiger partial charge in [-0.3, -0.25) is 0 Å². The average Bonchev–Trinajstić information content (AvgIpc) is 1.86. The van der Waals surface area contributed by atoms with Crippen molar-refractivity contribution in [3.63, 3.8) is 0 Å². The van der Waals surface area contributed by atoms with E-state index in [9.17, 15) is 0 Å². The van der Waals surface area contributed by atoms with Crippen LogP contribution in [0.25, 0.3) is 0 Å². The molecule has 60 valence electrons. The van der Waals surface area contributed by atoms with Crippen LogP contribution in [0.2, 0.25) is 0 Å². The standard InChI is InChI=1S/C8H7Cl3/c1-6-2-4-7(5-3-6)8(9,10)11/h2-5H,1H3. The summed E-state index contributed by atoms with van der Waals surface area (Å²) in [7, 11) is 0. The summed E-state index contributed by atoms with van der Waals surface area (Å²) in [6.45, 7) is 1.99. The second-order valence-corrected chi connectivity index (χ2v) is 4.65. The Morgan fingerprint density at radius 1 is 1.00 bits per heavy atom. The Hall–Kier alpha value is 0.0900. The zero-order valence-corrected chi connectivity index (χ0v) is 8.21. The Kier molecular flexibility index (Phi) is 2.69. The number of alkyl halides is 3. The van der Waals surface area contributed by atoms with Gasteiger partial charge in [0.2, 0.25) is 3.79 Å². The van der Waals surface area contributed by atoms with Gasteiger partial charge in [0.1, 0.15) is 0 Å². The fourth-order valence-electron chi connectivity index (χ4n) is 0.743. The summed E-state index contributed by atoms with van der Waals surface area (Å²) in [6, 6.07) is 7.44. The van der Waals surface area contributed by atoms with Crippen LogP contribution < -0.4 is 0 Å². The molecule has 0 fully saturated rings. The second-order valence-electron chi connectivity index (χ2n) is 2.36. The van der Waals surface area contributed by atoms with E-state index in [-0.39, 0.29) is 0 Å². The highest BCUT2D eigenvalue weighted by Gasteiger charge is 2.21. The van der Waals surface area contributed by atoms with Crippen molar-refractivity contribution in [1.29, 1.82) is 0 Å². The third-order valence-electron chi connectivity index (χ3n) is 1.38. The molecule has 0 spiro atoms. The maximum absolute atomic E-state index is 5.64. The fourth-order valence-corrected chi connectivity index (χ4v) is 1.12. The van der Waals surface area contributed by atoms with Gasteiger partial charge in [0.25, 0.3) is 0 Å². The first-order valence-electron chi connectivity index (χ1n) is 3.14. The minimum atomic E-state index is -1.30. The molecular weight excluding hydrogens is 202 g/mol. The topological polar surface area (TPSA) is 0 Å². The van der Waals surface area contributed by atoms with Crippen molar-refractivity contribution >= 4 is 34.8 Å². The molecule has 0 atom stereocenters. The maximum Gasteiger partial charge on any atom is 0.216 e. The molecule has 0 amide bonds. The van der Waals surface area contributed by atoms with Gasteiger partial charge in [-0.1, -0.05) is 64.6 Å². The molecule has 0 unspecified atom stereocenters. The summed E-state index contributed by atoms with van der Waals surface area (Å²) in [5, 5.41) is 0. The van der Waals surface area contributed by atoms with E-state index in [0.717, 1.165) is 5.56 Å². The van der Waals surface area contributed by atoms with Crippen molar-refractivity contribution < 1.29 is 0 Å². The van der Waals surface area contributed by atoms with Crippen molar-refractivity contribution in [2.45, 2.75) is 10.7 Å². The largest absolute Gasteiger partial charge is 0.216 e. The number of hydrogen-bond acceptors (Lipinski definition) is 0. The minimum absolute atomic E-state index is 0.702. The van der Waals surface area contributed by atoms with Gasteiger partial charge in [-0.2, -0.15) is 0 Å². The van der Waals surface area contributed by atoms with Crippen molar-refractivity contribution in [1.82, 2.24) is 0 Å². The first kappa shape index (κ1) is 9.18. The van der Waals surface area contributed by atoms with E-state index in [1.165, 1.54) is 0 Å². The van der Waals surface area contributed by atoms with Crippen molar-refractivity contribution in [3.8, 4) is 0 Å². The van der Waals surface area contributed by atoms with Crippen LogP contribution in [0.15, 0.2) is 24.3 Å². The summed E-state index contributed by atoms with van der Waals surface area (Å²) in [5.74, 6) is 0. The predicted molar refractivity (Wildman–Crippen MR) is 50.4 cm³/mol. The quantitative estimate of drug-likeness (QED) is 0.570. The van der Waals surface area contributed by atoms with Crippen molar-refractivity contribution in [3.05, 3.63) is 35.4 Å². The van der Waals surface area contributed by atoms with Gasteiger partial charge in [-0.05, 0) is 6.92 Å². The molecule has 0 aliphatic carbocycles. The van der Waals surface area contributed by atoms with Gasteiger partial charge in [0.05, 0.1) is 0 Å². The van der Waals surface area contributed by atoms with Crippen LogP contribution in [0.5, 0.6) is 0 Å². The molecule has 0 nitrogen and oxygen atoms in total. The Morgan fingerprint density at radius 3 is 1.82 bits per heavy atom. The van der Waals surface area contributed by atoms with Gasteiger partial charge in [0.15, 0.2) is 0 Å². The van der Waals surface area contributed by atoms with E-state index in [1.807, 2.05) is 31.2 Å². The van der Waals surface area contributed by atoms with Gasteiger partial charge in [0, 0.05) is 5.56 Å².